The van der Waals surface area contributed by atoms with E-state index in [0.717, 1.165) is 69.0 Å². The van der Waals surface area contributed by atoms with Crippen LogP contribution in [0.25, 0.3) is 0 Å². The van der Waals surface area contributed by atoms with Crippen LogP contribution in [0.2, 0.25) is 0 Å². The summed E-state index contributed by atoms with van der Waals surface area (Å²) in [5.74, 6) is -0.622. The molecular formula is C33H48F3N7O6S. The van der Waals surface area contributed by atoms with Crippen LogP contribution >= 0.6 is 0 Å². The van der Waals surface area contributed by atoms with Crippen molar-refractivity contribution in [3.8, 4) is 11.5 Å². The van der Waals surface area contributed by atoms with Gasteiger partial charge in [-0.3, -0.25) is 4.79 Å². The van der Waals surface area contributed by atoms with E-state index in [1.165, 1.54) is 29.9 Å². The third-order valence-corrected chi connectivity index (χ3v) is 11.4. The van der Waals surface area contributed by atoms with E-state index in [1.807, 2.05) is 0 Å². The summed E-state index contributed by atoms with van der Waals surface area (Å²) < 4.78 is 82.0. The smallest absolute Gasteiger partial charge is 0.279 e. The zero-order valence-electron chi connectivity index (χ0n) is 28.8. The van der Waals surface area contributed by atoms with Gasteiger partial charge in [-0.25, -0.2) is 23.1 Å². The summed E-state index contributed by atoms with van der Waals surface area (Å²) in [5, 5.41) is 8.99. The summed E-state index contributed by atoms with van der Waals surface area (Å²) in [6, 6.07) is 2.62. The lowest BCUT2D eigenvalue weighted by atomic mass is 9.72. The molecule has 0 unspecified atom stereocenters. The van der Waals surface area contributed by atoms with Gasteiger partial charge in [0.2, 0.25) is 0 Å². The van der Waals surface area contributed by atoms with Gasteiger partial charge in [-0.05, 0) is 77.2 Å². The Hall–Kier alpha value is -3.09. The highest BCUT2D eigenvalue weighted by Crippen LogP contribution is 2.45. The maximum atomic E-state index is 14.3. The molecule has 4 heterocycles. The van der Waals surface area contributed by atoms with Crippen LogP contribution in [0, 0.1) is 11.2 Å². The summed E-state index contributed by atoms with van der Waals surface area (Å²) >= 11 is 0. The molecule has 1 amide bonds. The van der Waals surface area contributed by atoms with Crippen molar-refractivity contribution in [3.05, 3.63) is 42.1 Å². The van der Waals surface area contributed by atoms with Crippen molar-refractivity contribution in [1.29, 1.82) is 0 Å². The average molecular weight is 728 g/mol. The monoisotopic (exact) mass is 727 g/mol. The van der Waals surface area contributed by atoms with Gasteiger partial charge < -0.3 is 29.3 Å². The van der Waals surface area contributed by atoms with Crippen LogP contribution in [0.1, 0.15) is 56.3 Å². The molecule has 2 atom stereocenters. The van der Waals surface area contributed by atoms with Crippen molar-refractivity contribution in [2.45, 2.75) is 70.6 Å². The minimum absolute atomic E-state index is 0.0231. The van der Waals surface area contributed by atoms with Crippen LogP contribution in [0.5, 0.6) is 11.5 Å². The van der Waals surface area contributed by atoms with Crippen molar-refractivity contribution in [1.82, 2.24) is 28.8 Å². The van der Waals surface area contributed by atoms with E-state index in [4.69, 9.17) is 14.6 Å². The van der Waals surface area contributed by atoms with E-state index in [0.29, 0.717) is 25.3 Å². The number of piperidine rings is 1. The molecule has 0 saturated carbocycles. The quantitative estimate of drug-likeness (QED) is 0.281. The summed E-state index contributed by atoms with van der Waals surface area (Å²) in [5.41, 5.74) is -0.0658. The first kappa shape index (κ1) is 38.1. The van der Waals surface area contributed by atoms with E-state index in [2.05, 4.69) is 24.5 Å². The van der Waals surface area contributed by atoms with Crippen molar-refractivity contribution >= 4 is 21.9 Å². The number of nitrogens with zero attached hydrogens (tertiary/aromatic N) is 6. The number of rotatable bonds is 15. The second kappa shape index (κ2) is 16.5. The third kappa shape index (κ3) is 9.41. The number of ether oxygens (including phenoxy) is 2. The lowest BCUT2D eigenvalue weighted by Crippen LogP contribution is -2.61. The Bertz CT molecular complexity index is 1550. The Morgan fingerprint density at radius 3 is 2.58 bits per heavy atom. The zero-order valence-corrected chi connectivity index (χ0v) is 29.6. The Morgan fingerprint density at radius 1 is 1.20 bits per heavy atom. The zero-order chi connectivity index (χ0) is 36.1. The third-order valence-electron chi connectivity index (χ3n) is 9.73. The number of carbonyl (C=O) groups is 1. The topological polar surface area (TPSA) is 141 Å². The van der Waals surface area contributed by atoms with Crippen molar-refractivity contribution in [2.75, 3.05) is 71.0 Å². The van der Waals surface area contributed by atoms with Gasteiger partial charge in [0.25, 0.3) is 22.5 Å². The van der Waals surface area contributed by atoms with Gasteiger partial charge in [0.1, 0.15) is 17.9 Å². The first-order valence-corrected chi connectivity index (χ1v) is 18.5. The fourth-order valence-electron chi connectivity index (χ4n) is 6.81. The number of aliphatic hydroxyl groups is 1. The Labute approximate surface area is 291 Å². The molecule has 13 nitrogen and oxygen atoms in total. The molecule has 3 aliphatic heterocycles. The Balaban J connectivity index is 1.13. The van der Waals surface area contributed by atoms with Crippen LogP contribution in [0.4, 0.5) is 19.0 Å². The van der Waals surface area contributed by atoms with Gasteiger partial charge in [-0.1, -0.05) is 0 Å². The van der Waals surface area contributed by atoms with E-state index in [9.17, 15) is 26.4 Å². The molecule has 0 radical (unpaired) electrons. The second-order valence-corrected chi connectivity index (χ2v) is 15.6. The SMILES string of the molecule is CC(C)N(CC(F)F)C(=O)c1cc(F)ccc1Oc1cncnc1N1CC2(CCN(C[C@@H]3CC[C@@H](NS(=O)(=O)N(C)CCCO)CO3)CC2)C1. The molecule has 3 fully saturated rings. The number of carbonyl (C=O) groups excluding carboxylic acids is 1. The van der Waals surface area contributed by atoms with Gasteiger partial charge in [-0.2, -0.15) is 17.4 Å². The molecule has 0 aliphatic carbocycles. The number of hydrogen-bond acceptors (Lipinski definition) is 10. The number of anilines is 1. The minimum atomic E-state index is -3.64. The molecule has 3 aliphatic rings. The summed E-state index contributed by atoms with van der Waals surface area (Å²) in [6.07, 6.45) is 3.93. The minimum Gasteiger partial charge on any atom is -0.451 e. The standard InChI is InChI=1S/C33H48F3N7O6S/c1-23(2)43(18-30(35)36)32(45)27-15-24(34)5-8-28(27)49-29-16-37-22-38-31(29)42-20-33(21-42)9-12-41(13-10-33)17-26-7-6-25(19-48-26)39-50(46,47)40(3)11-4-14-44/h5,8,15-16,22-23,25-26,30,39,44H,4,6-7,9-14,17-21H2,1-3H3/t25-,26+/m1/s1. The van der Waals surface area contributed by atoms with Crippen LogP contribution in [-0.2, 0) is 14.9 Å². The highest BCUT2D eigenvalue weighted by molar-refractivity contribution is 7.87. The lowest BCUT2D eigenvalue weighted by Gasteiger charge is -2.54. The summed E-state index contributed by atoms with van der Waals surface area (Å²) in [6.45, 7) is 7.00. The van der Waals surface area contributed by atoms with E-state index >= 15 is 0 Å². The number of aliphatic hydroxyl groups excluding tert-OH is 1. The predicted octanol–water partition coefficient (Wildman–Crippen LogP) is 3.12. The number of halogens is 3. The molecule has 1 aromatic carbocycles. The number of benzene rings is 1. The molecule has 1 spiro atoms. The average Bonchev–Trinajstić information content (AvgIpc) is 3.07. The molecule has 2 aromatic rings. The first-order chi connectivity index (χ1) is 23.8. The summed E-state index contributed by atoms with van der Waals surface area (Å²) in [4.78, 5) is 27.3. The van der Waals surface area contributed by atoms with Crippen molar-refractivity contribution in [3.63, 3.8) is 0 Å². The number of hydrogen-bond donors (Lipinski definition) is 2. The van der Waals surface area contributed by atoms with Gasteiger partial charge in [-0.15, -0.1) is 0 Å². The second-order valence-electron chi connectivity index (χ2n) is 13.8. The first-order valence-electron chi connectivity index (χ1n) is 17.1. The fraction of sp³-hybridized carbons (Fsp3) is 0.667. The van der Waals surface area contributed by atoms with E-state index in [1.54, 1.807) is 13.8 Å². The highest BCUT2D eigenvalue weighted by Gasteiger charge is 2.46. The molecule has 2 N–H and O–H groups in total. The van der Waals surface area contributed by atoms with Gasteiger partial charge in [0.05, 0.1) is 31.0 Å². The maximum absolute atomic E-state index is 14.3. The fourth-order valence-corrected chi connectivity index (χ4v) is 7.97. The Morgan fingerprint density at radius 2 is 1.94 bits per heavy atom. The number of amides is 1. The van der Waals surface area contributed by atoms with Gasteiger partial charge in [0, 0.05) is 57.3 Å². The van der Waals surface area contributed by atoms with E-state index in [-0.39, 0.29) is 47.8 Å². The normalized spacial score (nSPS) is 21.2. The number of nitrogens with one attached hydrogen (secondary N) is 1. The molecule has 1 aromatic heterocycles. The predicted molar refractivity (Wildman–Crippen MR) is 180 cm³/mol. The molecule has 278 valence electrons. The molecule has 5 rings (SSSR count). The van der Waals surface area contributed by atoms with Gasteiger partial charge >= 0.3 is 0 Å². The lowest BCUT2D eigenvalue weighted by molar-refractivity contribution is -0.0300. The van der Waals surface area contributed by atoms with Crippen molar-refractivity contribution in [2.24, 2.45) is 5.41 Å². The molecule has 3 saturated heterocycles. The van der Waals surface area contributed by atoms with E-state index < -0.39 is 40.9 Å². The number of aromatic nitrogens is 2. The largest absolute Gasteiger partial charge is 0.451 e. The van der Waals surface area contributed by atoms with Crippen LogP contribution in [-0.4, -0.2) is 134 Å². The number of likely N-dealkylation sites (tertiary alicyclic amines) is 1. The van der Waals surface area contributed by atoms with Crippen LogP contribution in [0.3, 0.4) is 0 Å². The molecule has 0 bridgehead atoms. The number of alkyl halides is 2. The Kier molecular flexibility index (Phi) is 12.6. The van der Waals surface area contributed by atoms with Crippen LogP contribution in [0.15, 0.2) is 30.7 Å². The molecule has 50 heavy (non-hydrogen) atoms. The highest BCUT2D eigenvalue weighted by atomic mass is 32.2. The van der Waals surface area contributed by atoms with Crippen molar-refractivity contribution < 1.29 is 41.0 Å². The molecular weight excluding hydrogens is 679 g/mol. The maximum Gasteiger partial charge on any atom is 0.279 e. The van der Waals surface area contributed by atoms with Gasteiger partial charge in [0.15, 0.2) is 11.6 Å². The molecule has 17 heteroatoms. The summed E-state index contributed by atoms with van der Waals surface area (Å²) in [7, 11) is -2.14. The van der Waals surface area contributed by atoms with Crippen LogP contribution < -0.4 is 14.4 Å².